The molecule has 1 fully saturated rings. The van der Waals surface area contributed by atoms with Crippen molar-refractivity contribution in [3.63, 3.8) is 0 Å². The summed E-state index contributed by atoms with van der Waals surface area (Å²) in [6.45, 7) is 7.17. The molecule has 0 bridgehead atoms. The molecule has 1 heterocycles. The van der Waals surface area contributed by atoms with Crippen molar-refractivity contribution in [2.75, 3.05) is 30.0 Å². The largest absolute Gasteiger partial charge is 0.494 e. The van der Waals surface area contributed by atoms with E-state index < -0.39 is 5.92 Å². The average Bonchev–Trinajstić information content (AvgIpc) is 3.07. The first-order valence-corrected chi connectivity index (χ1v) is 9.59. The zero-order valence-electron chi connectivity index (χ0n) is 16.5. The summed E-state index contributed by atoms with van der Waals surface area (Å²) in [7, 11) is 0. The predicted octanol–water partition coefficient (Wildman–Crippen LogP) is 3.78. The summed E-state index contributed by atoms with van der Waals surface area (Å²) in [6.07, 6.45) is 0.189. The molecule has 1 N–H and O–H groups in total. The van der Waals surface area contributed by atoms with Gasteiger partial charge in [-0.3, -0.25) is 9.59 Å². The Balaban J connectivity index is 1.73. The molecule has 148 valence electrons. The summed E-state index contributed by atoms with van der Waals surface area (Å²) in [5.74, 6) is 0.581. The average molecular weight is 382 g/mol. The van der Waals surface area contributed by atoms with Gasteiger partial charge in [-0.25, -0.2) is 0 Å². The van der Waals surface area contributed by atoms with E-state index in [4.69, 9.17) is 9.47 Å². The SMILES string of the molecule is CCOc1ccc(OCC)c(NC(=O)C2CC(=O)N(c3ccc(C)cc3)C2)c1. The summed E-state index contributed by atoms with van der Waals surface area (Å²) in [4.78, 5) is 26.9. The molecule has 0 radical (unpaired) electrons. The van der Waals surface area contributed by atoms with Gasteiger partial charge in [0.2, 0.25) is 11.8 Å². The molecule has 1 atom stereocenters. The Bertz CT molecular complexity index is 848. The summed E-state index contributed by atoms with van der Waals surface area (Å²) in [5.41, 5.74) is 2.50. The van der Waals surface area contributed by atoms with Crippen molar-refractivity contribution in [1.29, 1.82) is 0 Å². The third kappa shape index (κ3) is 4.44. The van der Waals surface area contributed by atoms with Gasteiger partial charge in [-0.1, -0.05) is 17.7 Å². The molecule has 0 saturated carbocycles. The number of carbonyl (C=O) groups excluding carboxylic acids is 2. The summed E-state index contributed by atoms with van der Waals surface area (Å²) in [5, 5.41) is 2.91. The van der Waals surface area contributed by atoms with Crippen LogP contribution in [0.4, 0.5) is 11.4 Å². The van der Waals surface area contributed by atoms with Crippen LogP contribution < -0.4 is 19.7 Å². The highest BCUT2D eigenvalue weighted by molar-refractivity contribution is 6.04. The van der Waals surface area contributed by atoms with Crippen LogP contribution in [0.1, 0.15) is 25.8 Å². The molecule has 1 aliphatic heterocycles. The normalized spacial score (nSPS) is 16.2. The van der Waals surface area contributed by atoms with Crippen LogP contribution >= 0.6 is 0 Å². The minimum atomic E-state index is -0.418. The maximum absolute atomic E-state index is 12.8. The molecule has 6 heteroatoms. The number of carbonyl (C=O) groups is 2. The van der Waals surface area contributed by atoms with Gasteiger partial charge < -0.3 is 19.7 Å². The quantitative estimate of drug-likeness (QED) is 0.791. The van der Waals surface area contributed by atoms with Crippen molar-refractivity contribution in [2.24, 2.45) is 5.92 Å². The number of benzene rings is 2. The van der Waals surface area contributed by atoms with Gasteiger partial charge in [0.25, 0.3) is 0 Å². The van der Waals surface area contributed by atoms with E-state index in [1.54, 1.807) is 17.0 Å². The maximum Gasteiger partial charge on any atom is 0.229 e. The van der Waals surface area contributed by atoms with Gasteiger partial charge in [-0.05, 0) is 45.0 Å². The number of ether oxygens (including phenoxy) is 2. The first-order valence-electron chi connectivity index (χ1n) is 9.59. The van der Waals surface area contributed by atoms with Crippen LogP contribution in [0.3, 0.4) is 0 Å². The van der Waals surface area contributed by atoms with Crippen molar-refractivity contribution >= 4 is 23.2 Å². The van der Waals surface area contributed by atoms with E-state index in [1.807, 2.05) is 51.1 Å². The molecule has 2 aromatic rings. The van der Waals surface area contributed by atoms with Gasteiger partial charge in [0.1, 0.15) is 11.5 Å². The van der Waals surface area contributed by atoms with E-state index in [1.165, 1.54) is 0 Å². The third-order valence-electron chi connectivity index (χ3n) is 4.66. The van der Waals surface area contributed by atoms with Gasteiger partial charge in [-0.15, -0.1) is 0 Å². The van der Waals surface area contributed by atoms with Gasteiger partial charge in [0.05, 0.1) is 24.8 Å². The van der Waals surface area contributed by atoms with Crippen LogP contribution in [-0.4, -0.2) is 31.6 Å². The monoisotopic (exact) mass is 382 g/mol. The molecule has 6 nitrogen and oxygen atoms in total. The lowest BCUT2D eigenvalue weighted by molar-refractivity contribution is -0.122. The Kier molecular flexibility index (Phi) is 6.19. The lowest BCUT2D eigenvalue weighted by Crippen LogP contribution is -2.28. The zero-order chi connectivity index (χ0) is 20.1. The van der Waals surface area contributed by atoms with Crippen molar-refractivity contribution in [2.45, 2.75) is 27.2 Å². The third-order valence-corrected chi connectivity index (χ3v) is 4.66. The standard InChI is InChI=1S/C22H26N2O4/c1-4-27-18-10-11-20(28-5-2)19(13-18)23-22(26)16-12-21(25)24(14-16)17-8-6-15(3)7-9-17/h6-11,13,16H,4-5,12,14H2,1-3H3,(H,23,26). The second-order valence-electron chi connectivity index (χ2n) is 6.75. The van der Waals surface area contributed by atoms with Gasteiger partial charge >= 0.3 is 0 Å². The van der Waals surface area contributed by atoms with Crippen LogP contribution in [0.15, 0.2) is 42.5 Å². The zero-order valence-corrected chi connectivity index (χ0v) is 16.5. The van der Waals surface area contributed by atoms with Crippen molar-refractivity contribution < 1.29 is 19.1 Å². The minimum Gasteiger partial charge on any atom is -0.494 e. The smallest absolute Gasteiger partial charge is 0.229 e. The highest BCUT2D eigenvalue weighted by atomic mass is 16.5. The molecule has 0 aromatic heterocycles. The number of rotatable bonds is 7. The molecular weight excluding hydrogens is 356 g/mol. The summed E-state index contributed by atoms with van der Waals surface area (Å²) in [6, 6.07) is 13.1. The fourth-order valence-electron chi connectivity index (χ4n) is 3.24. The number of nitrogens with one attached hydrogen (secondary N) is 1. The number of hydrogen-bond acceptors (Lipinski definition) is 4. The fraction of sp³-hybridized carbons (Fsp3) is 0.364. The van der Waals surface area contributed by atoms with Gasteiger partial charge in [0, 0.05) is 24.7 Å². The number of amides is 2. The topological polar surface area (TPSA) is 67.9 Å². The Morgan fingerprint density at radius 2 is 1.82 bits per heavy atom. The van der Waals surface area contributed by atoms with Crippen LogP contribution in [0.25, 0.3) is 0 Å². The second-order valence-corrected chi connectivity index (χ2v) is 6.75. The summed E-state index contributed by atoms with van der Waals surface area (Å²) < 4.78 is 11.1. The van der Waals surface area contributed by atoms with E-state index in [-0.39, 0.29) is 18.2 Å². The van der Waals surface area contributed by atoms with E-state index in [9.17, 15) is 9.59 Å². The van der Waals surface area contributed by atoms with E-state index >= 15 is 0 Å². The number of hydrogen-bond donors (Lipinski definition) is 1. The Labute approximate surface area is 165 Å². The number of anilines is 2. The number of nitrogens with zero attached hydrogens (tertiary/aromatic N) is 1. The molecular formula is C22H26N2O4. The van der Waals surface area contributed by atoms with Crippen LogP contribution in [0.2, 0.25) is 0 Å². The van der Waals surface area contributed by atoms with Crippen molar-refractivity contribution in [3.8, 4) is 11.5 Å². The lowest BCUT2D eigenvalue weighted by Gasteiger charge is -2.18. The minimum absolute atomic E-state index is 0.0444. The van der Waals surface area contributed by atoms with Crippen LogP contribution in [0.5, 0.6) is 11.5 Å². The van der Waals surface area contributed by atoms with Crippen LogP contribution in [0, 0.1) is 12.8 Å². The molecule has 0 aliphatic carbocycles. The van der Waals surface area contributed by atoms with Gasteiger partial charge in [-0.2, -0.15) is 0 Å². The Morgan fingerprint density at radius 1 is 1.11 bits per heavy atom. The molecule has 1 aliphatic rings. The van der Waals surface area contributed by atoms with Crippen molar-refractivity contribution in [1.82, 2.24) is 0 Å². The number of aryl methyl sites for hydroxylation is 1. The lowest BCUT2D eigenvalue weighted by atomic mass is 10.1. The first kappa shape index (κ1) is 19.7. The van der Waals surface area contributed by atoms with E-state index in [0.29, 0.717) is 36.9 Å². The molecule has 2 aromatic carbocycles. The Morgan fingerprint density at radius 3 is 2.50 bits per heavy atom. The molecule has 2 amide bonds. The molecule has 1 unspecified atom stereocenters. The fourth-order valence-corrected chi connectivity index (χ4v) is 3.24. The van der Waals surface area contributed by atoms with Crippen LogP contribution in [-0.2, 0) is 9.59 Å². The molecule has 1 saturated heterocycles. The predicted molar refractivity (Wildman–Crippen MR) is 109 cm³/mol. The highest BCUT2D eigenvalue weighted by Gasteiger charge is 2.35. The first-order chi connectivity index (χ1) is 13.5. The summed E-state index contributed by atoms with van der Waals surface area (Å²) >= 11 is 0. The Hall–Kier alpha value is -3.02. The molecule has 0 spiro atoms. The van der Waals surface area contributed by atoms with E-state index in [2.05, 4.69) is 5.32 Å². The second kappa shape index (κ2) is 8.78. The maximum atomic E-state index is 12.8. The highest BCUT2D eigenvalue weighted by Crippen LogP contribution is 2.31. The van der Waals surface area contributed by atoms with Crippen molar-refractivity contribution in [3.05, 3.63) is 48.0 Å². The molecule has 28 heavy (non-hydrogen) atoms. The molecule has 3 rings (SSSR count). The van der Waals surface area contributed by atoms with E-state index in [0.717, 1.165) is 11.3 Å². The van der Waals surface area contributed by atoms with Gasteiger partial charge in [0.15, 0.2) is 0 Å².